The Morgan fingerprint density at radius 2 is 1.78 bits per heavy atom. The summed E-state index contributed by atoms with van der Waals surface area (Å²) in [6.45, 7) is 3.39. The van der Waals surface area contributed by atoms with E-state index < -0.39 is 6.61 Å². The van der Waals surface area contributed by atoms with Crippen LogP contribution in [0.3, 0.4) is 0 Å². The van der Waals surface area contributed by atoms with Gasteiger partial charge in [0.15, 0.2) is 0 Å². The van der Waals surface area contributed by atoms with E-state index in [0.29, 0.717) is 6.04 Å². The molecule has 1 N–H and O–H groups in total. The third kappa shape index (κ3) is 3.40. The van der Waals surface area contributed by atoms with Gasteiger partial charge in [-0.1, -0.05) is 12.1 Å². The predicted molar refractivity (Wildman–Crippen MR) is 65.9 cm³/mol. The second kappa shape index (κ2) is 6.11. The van der Waals surface area contributed by atoms with Crippen LogP contribution in [0.25, 0.3) is 0 Å². The summed E-state index contributed by atoms with van der Waals surface area (Å²) in [5.41, 5.74) is 1.12. The molecule has 1 aromatic carbocycles. The van der Waals surface area contributed by atoms with Crippen LogP contribution in [-0.4, -0.2) is 37.7 Å². The molecule has 0 aromatic heterocycles. The first-order chi connectivity index (χ1) is 8.66. The lowest BCUT2D eigenvalue weighted by molar-refractivity contribution is -0.0498. The van der Waals surface area contributed by atoms with Gasteiger partial charge in [0.2, 0.25) is 0 Å². The van der Waals surface area contributed by atoms with Gasteiger partial charge in [-0.25, -0.2) is 0 Å². The quantitative estimate of drug-likeness (QED) is 0.894. The number of piperazine rings is 1. The molecule has 1 atom stereocenters. The Kier molecular flexibility index (Phi) is 4.49. The van der Waals surface area contributed by atoms with Crippen LogP contribution in [-0.2, 0) is 0 Å². The number of nitrogens with zero attached hydrogens (tertiary/aromatic N) is 1. The Morgan fingerprint density at radius 3 is 2.33 bits per heavy atom. The molecule has 2 rings (SSSR count). The van der Waals surface area contributed by atoms with Crippen LogP contribution in [0.2, 0.25) is 0 Å². The standard InChI is InChI=1S/C13H18F2N2O/c1-10(17-8-6-16-7-9-17)11-2-4-12(5-3-11)18-13(14)15/h2-5,10,13,16H,6-9H2,1H3. The molecule has 0 amide bonds. The van der Waals surface area contributed by atoms with E-state index in [1.54, 1.807) is 12.1 Å². The molecule has 0 spiro atoms. The van der Waals surface area contributed by atoms with Crippen LogP contribution in [0.15, 0.2) is 24.3 Å². The minimum absolute atomic E-state index is 0.210. The molecule has 3 nitrogen and oxygen atoms in total. The van der Waals surface area contributed by atoms with Crippen molar-refractivity contribution in [1.82, 2.24) is 10.2 Å². The first-order valence-corrected chi connectivity index (χ1v) is 6.16. The Balaban J connectivity index is 1.99. The van der Waals surface area contributed by atoms with Gasteiger partial charge < -0.3 is 10.1 Å². The molecule has 0 saturated carbocycles. The lowest BCUT2D eigenvalue weighted by Crippen LogP contribution is -2.44. The molecule has 1 unspecified atom stereocenters. The van der Waals surface area contributed by atoms with E-state index in [1.165, 1.54) is 0 Å². The highest BCUT2D eigenvalue weighted by molar-refractivity contribution is 5.29. The van der Waals surface area contributed by atoms with Crippen molar-refractivity contribution in [1.29, 1.82) is 0 Å². The lowest BCUT2D eigenvalue weighted by atomic mass is 10.1. The Labute approximate surface area is 106 Å². The predicted octanol–water partition coefficient (Wildman–Crippen LogP) is 2.25. The summed E-state index contributed by atoms with van der Waals surface area (Å²) in [6.07, 6.45) is 0. The first-order valence-electron chi connectivity index (χ1n) is 6.16. The smallest absolute Gasteiger partial charge is 0.387 e. The second-order valence-electron chi connectivity index (χ2n) is 4.41. The Morgan fingerprint density at radius 1 is 1.17 bits per heavy atom. The summed E-state index contributed by atoms with van der Waals surface area (Å²) < 4.78 is 28.4. The number of halogens is 2. The fraction of sp³-hybridized carbons (Fsp3) is 0.538. The minimum atomic E-state index is -2.76. The molecular formula is C13H18F2N2O. The van der Waals surface area contributed by atoms with Crippen LogP contribution < -0.4 is 10.1 Å². The zero-order chi connectivity index (χ0) is 13.0. The van der Waals surface area contributed by atoms with Gasteiger partial charge in [0, 0.05) is 32.2 Å². The monoisotopic (exact) mass is 256 g/mol. The molecular weight excluding hydrogens is 238 g/mol. The van der Waals surface area contributed by atoms with Gasteiger partial charge >= 0.3 is 6.61 Å². The number of hydrogen-bond acceptors (Lipinski definition) is 3. The highest BCUT2D eigenvalue weighted by atomic mass is 19.3. The summed E-state index contributed by atoms with van der Waals surface area (Å²) in [7, 11) is 0. The number of alkyl halides is 2. The van der Waals surface area contributed by atoms with Gasteiger partial charge in [-0.05, 0) is 24.6 Å². The fourth-order valence-corrected chi connectivity index (χ4v) is 2.21. The number of rotatable bonds is 4. The molecule has 1 aromatic rings. The van der Waals surface area contributed by atoms with Crippen molar-refractivity contribution in [3.05, 3.63) is 29.8 Å². The van der Waals surface area contributed by atoms with Crippen LogP contribution in [0.5, 0.6) is 5.75 Å². The van der Waals surface area contributed by atoms with Crippen LogP contribution in [0.4, 0.5) is 8.78 Å². The van der Waals surface area contributed by atoms with Crippen molar-refractivity contribution in [3.63, 3.8) is 0 Å². The number of hydrogen-bond donors (Lipinski definition) is 1. The molecule has 1 saturated heterocycles. The van der Waals surface area contributed by atoms with Gasteiger partial charge in [-0.3, -0.25) is 4.90 Å². The van der Waals surface area contributed by atoms with Gasteiger partial charge in [-0.15, -0.1) is 0 Å². The van der Waals surface area contributed by atoms with Gasteiger partial charge in [-0.2, -0.15) is 8.78 Å². The van der Waals surface area contributed by atoms with Gasteiger partial charge in [0.1, 0.15) is 5.75 Å². The Bertz CT molecular complexity index is 364. The summed E-state index contributed by atoms with van der Waals surface area (Å²) in [4.78, 5) is 2.37. The summed E-state index contributed by atoms with van der Waals surface area (Å²) in [5.74, 6) is 0.210. The average Bonchev–Trinajstić information content (AvgIpc) is 2.39. The zero-order valence-corrected chi connectivity index (χ0v) is 10.4. The molecule has 0 bridgehead atoms. The molecule has 1 heterocycles. The van der Waals surface area contributed by atoms with Crippen LogP contribution in [0.1, 0.15) is 18.5 Å². The molecule has 1 aliphatic heterocycles. The maximum absolute atomic E-state index is 12.0. The highest BCUT2D eigenvalue weighted by Crippen LogP contribution is 2.23. The van der Waals surface area contributed by atoms with Gasteiger partial charge in [0.25, 0.3) is 0 Å². The molecule has 18 heavy (non-hydrogen) atoms. The van der Waals surface area contributed by atoms with E-state index in [0.717, 1.165) is 31.7 Å². The van der Waals surface area contributed by atoms with Gasteiger partial charge in [0.05, 0.1) is 0 Å². The minimum Gasteiger partial charge on any atom is -0.435 e. The van der Waals surface area contributed by atoms with Crippen molar-refractivity contribution >= 4 is 0 Å². The summed E-state index contributed by atoms with van der Waals surface area (Å²) in [5, 5.41) is 3.31. The zero-order valence-electron chi connectivity index (χ0n) is 10.4. The second-order valence-corrected chi connectivity index (χ2v) is 4.41. The highest BCUT2D eigenvalue weighted by Gasteiger charge is 2.17. The third-order valence-corrected chi connectivity index (χ3v) is 3.29. The molecule has 1 aliphatic rings. The van der Waals surface area contributed by atoms with E-state index in [9.17, 15) is 8.78 Å². The van der Waals surface area contributed by atoms with Crippen molar-refractivity contribution in [2.45, 2.75) is 19.6 Å². The largest absolute Gasteiger partial charge is 0.435 e. The lowest BCUT2D eigenvalue weighted by Gasteiger charge is -2.33. The number of ether oxygens (including phenoxy) is 1. The van der Waals surface area contributed by atoms with Crippen molar-refractivity contribution in [2.24, 2.45) is 0 Å². The molecule has 0 aliphatic carbocycles. The van der Waals surface area contributed by atoms with Crippen molar-refractivity contribution < 1.29 is 13.5 Å². The maximum Gasteiger partial charge on any atom is 0.387 e. The molecule has 5 heteroatoms. The molecule has 1 fully saturated rings. The van der Waals surface area contributed by atoms with Crippen molar-refractivity contribution in [3.8, 4) is 5.75 Å². The van der Waals surface area contributed by atoms with E-state index in [1.807, 2.05) is 12.1 Å². The number of nitrogens with one attached hydrogen (secondary N) is 1. The normalized spacial score (nSPS) is 18.9. The molecule has 0 radical (unpaired) electrons. The SMILES string of the molecule is CC(c1ccc(OC(F)F)cc1)N1CCNCC1. The van der Waals surface area contributed by atoms with E-state index >= 15 is 0 Å². The van der Waals surface area contributed by atoms with E-state index in [2.05, 4.69) is 21.9 Å². The summed E-state index contributed by atoms with van der Waals surface area (Å²) in [6, 6.07) is 7.20. The van der Waals surface area contributed by atoms with Crippen LogP contribution in [0, 0.1) is 0 Å². The van der Waals surface area contributed by atoms with E-state index in [4.69, 9.17) is 0 Å². The fourth-order valence-electron chi connectivity index (χ4n) is 2.21. The van der Waals surface area contributed by atoms with Crippen molar-refractivity contribution in [2.75, 3.05) is 26.2 Å². The third-order valence-electron chi connectivity index (χ3n) is 3.29. The summed E-state index contributed by atoms with van der Waals surface area (Å²) >= 11 is 0. The first kappa shape index (κ1) is 13.2. The number of benzene rings is 1. The molecule has 100 valence electrons. The maximum atomic E-state index is 12.0. The average molecular weight is 256 g/mol. The topological polar surface area (TPSA) is 24.5 Å². The Hall–Kier alpha value is -1.20. The van der Waals surface area contributed by atoms with E-state index in [-0.39, 0.29) is 5.75 Å². The van der Waals surface area contributed by atoms with Crippen LogP contribution >= 0.6 is 0 Å².